The van der Waals surface area contributed by atoms with Gasteiger partial charge in [-0.15, -0.1) is 0 Å². The van der Waals surface area contributed by atoms with Gasteiger partial charge < -0.3 is 24.8 Å². The maximum Gasteiger partial charge on any atom is 0.145 e. The van der Waals surface area contributed by atoms with Gasteiger partial charge in [-0.05, 0) is 37.7 Å². The van der Waals surface area contributed by atoms with Crippen molar-refractivity contribution in [3.63, 3.8) is 0 Å². The standard InChI is InChI=1S/C24H28N6O/c1-16-3-5-17(6-4-16)14-30-15-21(31)22(23(30)25)24-26-19-8-7-18(13-20(19)27-24)29-11-9-28(2)10-12-29/h3-8,13,25,31H,9-12,14-15H2,1-2H3,(H,26,27). The summed E-state index contributed by atoms with van der Waals surface area (Å²) in [5, 5.41) is 19.3. The van der Waals surface area contributed by atoms with Crippen molar-refractivity contribution < 1.29 is 5.11 Å². The molecule has 0 bridgehead atoms. The van der Waals surface area contributed by atoms with Crippen molar-refractivity contribution in [3.05, 3.63) is 65.2 Å². The molecular weight excluding hydrogens is 388 g/mol. The lowest BCUT2D eigenvalue weighted by Crippen LogP contribution is -2.44. The smallest absolute Gasteiger partial charge is 0.145 e. The third-order valence-corrected chi connectivity index (χ3v) is 6.25. The molecule has 0 spiro atoms. The van der Waals surface area contributed by atoms with Crippen LogP contribution in [0, 0.1) is 12.3 Å². The lowest BCUT2D eigenvalue weighted by Gasteiger charge is -2.34. The maximum atomic E-state index is 10.6. The molecule has 0 atom stereocenters. The number of fused-ring (bicyclic) bond motifs is 1. The van der Waals surface area contributed by atoms with Crippen LogP contribution in [0.3, 0.4) is 0 Å². The lowest BCUT2D eigenvalue weighted by molar-refractivity contribution is 0.313. The minimum Gasteiger partial charge on any atom is -0.510 e. The Morgan fingerprint density at radius 3 is 2.55 bits per heavy atom. The summed E-state index contributed by atoms with van der Waals surface area (Å²) in [6.45, 7) is 7.10. The van der Waals surface area contributed by atoms with Gasteiger partial charge in [-0.2, -0.15) is 0 Å². The number of aryl methyl sites for hydroxylation is 1. The molecule has 5 rings (SSSR count). The molecular formula is C24H28N6O. The predicted molar refractivity (Wildman–Crippen MR) is 125 cm³/mol. The number of hydrogen-bond donors (Lipinski definition) is 3. The summed E-state index contributed by atoms with van der Waals surface area (Å²) >= 11 is 0. The lowest BCUT2D eigenvalue weighted by atomic mass is 10.1. The second-order valence-corrected chi connectivity index (χ2v) is 8.59. The zero-order valence-electron chi connectivity index (χ0n) is 18.0. The molecule has 1 fully saturated rings. The molecule has 31 heavy (non-hydrogen) atoms. The zero-order chi connectivity index (χ0) is 21.5. The number of piperazine rings is 1. The molecule has 0 radical (unpaired) electrons. The van der Waals surface area contributed by atoms with Crippen LogP contribution in [0.5, 0.6) is 0 Å². The first-order valence-corrected chi connectivity index (χ1v) is 10.7. The van der Waals surface area contributed by atoms with Gasteiger partial charge in [-0.25, -0.2) is 4.98 Å². The molecule has 0 unspecified atom stereocenters. The first-order chi connectivity index (χ1) is 15.0. The fourth-order valence-corrected chi connectivity index (χ4v) is 4.31. The minimum atomic E-state index is 0.190. The molecule has 0 amide bonds. The molecule has 3 heterocycles. The highest BCUT2D eigenvalue weighted by Gasteiger charge is 2.30. The monoisotopic (exact) mass is 416 g/mol. The van der Waals surface area contributed by atoms with Gasteiger partial charge in [0.2, 0.25) is 0 Å². The van der Waals surface area contributed by atoms with Gasteiger partial charge in [0.15, 0.2) is 0 Å². The van der Waals surface area contributed by atoms with E-state index in [1.807, 2.05) is 11.0 Å². The number of anilines is 1. The van der Waals surface area contributed by atoms with Crippen molar-refractivity contribution in [2.75, 3.05) is 44.7 Å². The first-order valence-electron chi connectivity index (χ1n) is 10.7. The van der Waals surface area contributed by atoms with E-state index in [4.69, 9.17) is 5.41 Å². The van der Waals surface area contributed by atoms with E-state index < -0.39 is 0 Å². The summed E-state index contributed by atoms with van der Waals surface area (Å²) in [4.78, 5) is 14.6. The van der Waals surface area contributed by atoms with Gasteiger partial charge in [0, 0.05) is 38.4 Å². The van der Waals surface area contributed by atoms with Gasteiger partial charge in [0.1, 0.15) is 17.4 Å². The quantitative estimate of drug-likeness (QED) is 0.607. The summed E-state index contributed by atoms with van der Waals surface area (Å²) in [6.07, 6.45) is 0. The number of amidine groups is 1. The van der Waals surface area contributed by atoms with Gasteiger partial charge in [-0.3, -0.25) is 5.41 Å². The molecule has 2 aliphatic heterocycles. The Labute approximate surface area is 182 Å². The van der Waals surface area contributed by atoms with E-state index in [9.17, 15) is 5.11 Å². The number of imidazole rings is 1. The Hall–Kier alpha value is -3.32. The second-order valence-electron chi connectivity index (χ2n) is 8.59. The Morgan fingerprint density at radius 1 is 1.06 bits per heavy atom. The number of H-pyrrole nitrogens is 1. The molecule has 3 N–H and O–H groups in total. The van der Waals surface area contributed by atoms with Crippen molar-refractivity contribution in [1.82, 2.24) is 19.8 Å². The largest absolute Gasteiger partial charge is 0.510 e. The van der Waals surface area contributed by atoms with Gasteiger partial charge in [0.05, 0.1) is 23.2 Å². The van der Waals surface area contributed by atoms with Gasteiger partial charge >= 0.3 is 0 Å². The van der Waals surface area contributed by atoms with E-state index in [1.54, 1.807) is 0 Å². The predicted octanol–water partition coefficient (Wildman–Crippen LogP) is 3.39. The molecule has 1 aromatic heterocycles. The summed E-state index contributed by atoms with van der Waals surface area (Å²) in [5.74, 6) is 1.05. The SMILES string of the molecule is Cc1ccc(CN2CC(O)=C(c3nc4ccc(N5CCN(C)CC5)cc4[nH]3)C2=N)cc1. The van der Waals surface area contributed by atoms with Crippen LogP contribution in [0.15, 0.2) is 48.2 Å². The number of rotatable bonds is 4. The highest BCUT2D eigenvalue weighted by molar-refractivity contribution is 6.23. The third kappa shape index (κ3) is 3.77. The van der Waals surface area contributed by atoms with Crippen molar-refractivity contribution in [2.24, 2.45) is 0 Å². The normalized spacial score (nSPS) is 17.9. The fraction of sp³-hybridized carbons (Fsp3) is 0.333. The average Bonchev–Trinajstić information content (AvgIpc) is 3.29. The second kappa shape index (κ2) is 7.74. The number of benzene rings is 2. The van der Waals surface area contributed by atoms with Gasteiger partial charge in [0.25, 0.3) is 0 Å². The van der Waals surface area contributed by atoms with Crippen LogP contribution in [-0.4, -0.2) is 70.5 Å². The topological polar surface area (TPSA) is 82.5 Å². The van der Waals surface area contributed by atoms with Crippen LogP contribution < -0.4 is 4.90 Å². The number of nitrogens with one attached hydrogen (secondary N) is 2. The molecule has 0 saturated carbocycles. The zero-order valence-corrected chi connectivity index (χ0v) is 18.0. The van der Waals surface area contributed by atoms with Crippen LogP contribution >= 0.6 is 0 Å². The molecule has 7 nitrogen and oxygen atoms in total. The van der Waals surface area contributed by atoms with E-state index >= 15 is 0 Å². The van der Waals surface area contributed by atoms with E-state index in [-0.39, 0.29) is 5.76 Å². The van der Waals surface area contributed by atoms with Crippen LogP contribution in [0.2, 0.25) is 0 Å². The molecule has 3 aromatic rings. The number of nitrogens with zero attached hydrogens (tertiary/aromatic N) is 4. The number of aliphatic hydroxyl groups is 1. The molecule has 0 aliphatic carbocycles. The van der Waals surface area contributed by atoms with E-state index in [0.29, 0.717) is 30.3 Å². The van der Waals surface area contributed by atoms with Crippen LogP contribution in [-0.2, 0) is 6.54 Å². The molecule has 2 aliphatic rings. The Balaban J connectivity index is 1.37. The number of likely N-dealkylation sites (N-methyl/N-ethyl adjacent to an activating group) is 1. The maximum absolute atomic E-state index is 10.6. The Bertz CT molecular complexity index is 1150. The first kappa shape index (κ1) is 19.6. The Kier molecular flexibility index (Phi) is 4.90. The number of aromatic nitrogens is 2. The minimum absolute atomic E-state index is 0.190. The number of hydrogen-bond acceptors (Lipinski definition) is 5. The summed E-state index contributed by atoms with van der Waals surface area (Å²) in [7, 11) is 2.15. The summed E-state index contributed by atoms with van der Waals surface area (Å²) in [6, 6.07) is 14.5. The van der Waals surface area contributed by atoms with Crippen molar-refractivity contribution in [1.29, 1.82) is 5.41 Å². The van der Waals surface area contributed by atoms with Crippen LogP contribution in [0.25, 0.3) is 16.6 Å². The van der Waals surface area contributed by atoms with Crippen LogP contribution in [0.1, 0.15) is 17.0 Å². The fourth-order valence-electron chi connectivity index (χ4n) is 4.31. The molecule has 1 saturated heterocycles. The van der Waals surface area contributed by atoms with Crippen molar-refractivity contribution in [2.45, 2.75) is 13.5 Å². The highest BCUT2D eigenvalue weighted by atomic mass is 16.3. The van der Waals surface area contributed by atoms with E-state index in [1.165, 1.54) is 11.3 Å². The molecule has 7 heteroatoms. The summed E-state index contributed by atoms with van der Waals surface area (Å²) in [5.41, 5.74) is 5.77. The third-order valence-electron chi connectivity index (χ3n) is 6.25. The highest BCUT2D eigenvalue weighted by Crippen LogP contribution is 2.29. The van der Waals surface area contributed by atoms with Gasteiger partial charge in [-0.1, -0.05) is 29.8 Å². The number of aliphatic hydroxyl groups excluding tert-OH is 1. The Morgan fingerprint density at radius 2 is 1.81 bits per heavy atom. The van der Waals surface area contributed by atoms with E-state index in [0.717, 1.165) is 42.8 Å². The number of aromatic amines is 1. The average molecular weight is 417 g/mol. The van der Waals surface area contributed by atoms with Crippen LogP contribution in [0.4, 0.5) is 5.69 Å². The van der Waals surface area contributed by atoms with Crippen molar-refractivity contribution in [3.8, 4) is 0 Å². The molecule has 2 aromatic carbocycles. The van der Waals surface area contributed by atoms with E-state index in [2.05, 4.69) is 70.1 Å². The molecule has 160 valence electrons. The van der Waals surface area contributed by atoms with Crippen molar-refractivity contribution >= 4 is 28.1 Å². The summed E-state index contributed by atoms with van der Waals surface area (Å²) < 4.78 is 0.